The van der Waals surface area contributed by atoms with Gasteiger partial charge in [0, 0.05) is 6.92 Å². The average Bonchev–Trinajstić information content (AvgIpc) is 2.13. The highest BCUT2D eigenvalue weighted by Gasteiger charge is 2.54. The molecule has 10 heteroatoms. The lowest BCUT2D eigenvalue weighted by molar-refractivity contribution is -0.193. The number of carbonyl (C=O) groups excluding carboxylic acids is 3. The molecule has 0 radical (unpaired) electrons. The number of alkyl halides is 6. The van der Waals surface area contributed by atoms with Crippen molar-refractivity contribution in [3.05, 3.63) is 0 Å². The van der Waals surface area contributed by atoms with Gasteiger partial charge in [0.05, 0.1) is 6.61 Å². The maximum Gasteiger partial charge on any atom is 0.458 e. The van der Waals surface area contributed by atoms with Crippen LogP contribution in [0.4, 0.5) is 26.3 Å². The summed E-state index contributed by atoms with van der Waals surface area (Å²) >= 11 is 0. The summed E-state index contributed by atoms with van der Waals surface area (Å²) in [4.78, 5) is 29.1. The van der Waals surface area contributed by atoms with Gasteiger partial charge in [-0.1, -0.05) is 0 Å². The smallest absolute Gasteiger partial charge is 0.458 e. The fraction of sp³-hybridized carbons (Fsp3) is 0.625. The van der Waals surface area contributed by atoms with E-state index >= 15 is 0 Å². The van der Waals surface area contributed by atoms with Crippen LogP contribution in [0.15, 0.2) is 0 Å². The molecule has 0 saturated heterocycles. The number of ether oxygens (including phenoxy) is 1. The van der Waals surface area contributed by atoms with E-state index in [2.05, 4.69) is 4.74 Å². The van der Waals surface area contributed by atoms with Gasteiger partial charge in [-0.05, 0) is 6.92 Å². The lowest BCUT2D eigenvalue weighted by atomic mass is 10.2. The number of ketones is 2. The number of carbonyl (C=O) groups is 3. The molecule has 0 aliphatic carbocycles. The van der Waals surface area contributed by atoms with Crippen LogP contribution < -0.4 is 0 Å². The van der Waals surface area contributed by atoms with Crippen molar-refractivity contribution in [2.24, 2.45) is 0 Å². The topological polar surface area (TPSA) is 60.4 Å². The van der Waals surface area contributed by atoms with Gasteiger partial charge in [0.25, 0.3) is 0 Å². The first-order chi connectivity index (χ1) is 7.84. The number of halogens is 6. The normalized spacial score (nSPS) is 11.1. The van der Waals surface area contributed by atoms with Crippen molar-refractivity contribution in [1.82, 2.24) is 0 Å². The number of Topliss-reactive ketones (excluding diaryl/α,β-unsaturated/α-hetero) is 2. The molecule has 0 unspecified atom stereocenters. The molecule has 0 aromatic heterocycles. The lowest BCUT2D eigenvalue weighted by Gasteiger charge is -2.05. The minimum Gasteiger partial charge on any atom is -0.466 e. The molecular weight excluding hydrogens is 274 g/mol. The average molecular weight is 282 g/mol. The molecule has 0 bridgehead atoms. The standard InChI is InChI=1S/C4F6O2.C4H8O2/c5-3(6,7)1(11)2(12)4(8,9)10;1-3-6-4(2)5/h;3H2,1-2H3. The first kappa shape index (κ1) is 18.7. The highest BCUT2D eigenvalue weighted by Crippen LogP contribution is 2.23. The first-order valence-corrected chi connectivity index (χ1v) is 4.20. The Morgan fingerprint density at radius 2 is 1.17 bits per heavy atom. The van der Waals surface area contributed by atoms with E-state index in [4.69, 9.17) is 0 Å². The predicted molar refractivity (Wildman–Crippen MR) is 44.4 cm³/mol. The van der Waals surface area contributed by atoms with Gasteiger partial charge in [-0.15, -0.1) is 0 Å². The molecule has 0 spiro atoms. The molecule has 0 aromatic carbocycles. The third kappa shape index (κ3) is 8.53. The van der Waals surface area contributed by atoms with Crippen molar-refractivity contribution in [2.75, 3.05) is 6.61 Å². The molecule has 0 atom stereocenters. The summed E-state index contributed by atoms with van der Waals surface area (Å²) in [5.74, 6) is -7.03. The van der Waals surface area contributed by atoms with Crippen LogP contribution >= 0.6 is 0 Å². The second-order valence-corrected chi connectivity index (χ2v) is 2.58. The highest BCUT2D eigenvalue weighted by atomic mass is 19.4. The fourth-order valence-corrected chi connectivity index (χ4v) is 0.461. The molecule has 0 N–H and O–H groups in total. The number of hydrogen-bond donors (Lipinski definition) is 0. The summed E-state index contributed by atoms with van der Waals surface area (Å²) in [6.45, 7) is 3.65. The van der Waals surface area contributed by atoms with Crippen LogP contribution in [0.2, 0.25) is 0 Å². The van der Waals surface area contributed by atoms with E-state index in [9.17, 15) is 40.7 Å². The fourth-order valence-electron chi connectivity index (χ4n) is 0.461. The second-order valence-electron chi connectivity index (χ2n) is 2.58. The molecule has 0 fully saturated rings. The summed E-state index contributed by atoms with van der Waals surface area (Å²) in [5.41, 5.74) is 0. The third-order valence-electron chi connectivity index (χ3n) is 1.07. The summed E-state index contributed by atoms with van der Waals surface area (Å²) in [5, 5.41) is 0. The monoisotopic (exact) mass is 282 g/mol. The molecule has 106 valence electrons. The van der Waals surface area contributed by atoms with Crippen molar-refractivity contribution >= 4 is 17.5 Å². The Hall–Kier alpha value is -1.61. The molecule has 0 rings (SSSR count). The van der Waals surface area contributed by atoms with Gasteiger partial charge in [0.15, 0.2) is 0 Å². The number of hydrogen-bond acceptors (Lipinski definition) is 4. The predicted octanol–water partition coefficient (Wildman–Crippen LogP) is 1.82. The Kier molecular flexibility index (Phi) is 7.25. The van der Waals surface area contributed by atoms with Gasteiger partial charge in [-0.3, -0.25) is 14.4 Å². The molecule has 0 aliphatic heterocycles. The van der Waals surface area contributed by atoms with Crippen LogP contribution in [0, 0.1) is 0 Å². The van der Waals surface area contributed by atoms with Gasteiger partial charge in [0.1, 0.15) is 0 Å². The zero-order valence-corrected chi connectivity index (χ0v) is 9.11. The first-order valence-electron chi connectivity index (χ1n) is 4.20. The molecule has 18 heavy (non-hydrogen) atoms. The maximum atomic E-state index is 11.2. The van der Waals surface area contributed by atoms with E-state index in [1.165, 1.54) is 6.92 Å². The minimum absolute atomic E-state index is 0.211. The maximum absolute atomic E-state index is 11.2. The largest absolute Gasteiger partial charge is 0.466 e. The van der Waals surface area contributed by atoms with Gasteiger partial charge < -0.3 is 4.74 Å². The van der Waals surface area contributed by atoms with Gasteiger partial charge in [-0.2, -0.15) is 26.3 Å². The Morgan fingerprint density at radius 1 is 0.889 bits per heavy atom. The zero-order valence-electron chi connectivity index (χ0n) is 9.11. The molecule has 0 aliphatic rings. The van der Waals surface area contributed by atoms with Crippen molar-refractivity contribution < 1.29 is 45.5 Å². The molecule has 0 aromatic rings. The van der Waals surface area contributed by atoms with Crippen LogP contribution in [-0.4, -0.2) is 36.5 Å². The Morgan fingerprint density at radius 3 is 1.22 bits per heavy atom. The number of esters is 1. The van der Waals surface area contributed by atoms with E-state index in [0.717, 1.165) is 0 Å². The second kappa shape index (κ2) is 6.97. The SMILES string of the molecule is CCOC(C)=O.O=C(C(=O)C(F)(F)F)C(F)(F)F. The quantitative estimate of drug-likeness (QED) is 0.440. The third-order valence-corrected chi connectivity index (χ3v) is 1.07. The van der Waals surface area contributed by atoms with E-state index < -0.39 is 23.9 Å². The van der Waals surface area contributed by atoms with Gasteiger partial charge in [-0.25, -0.2) is 0 Å². The summed E-state index contributed by atoms with van der Waals surface area (Å²) in [6.07, 6.45) is -11.5. The molecule has 0 amide bonds. The minimum atomic E-state index is -5.77. The lowest BCUT2D eigenvalue weighted by Crippen LogP contribution is -2.39. The molecule has 0 saturated carbocycles. The van der Waals surface area contributed by atoms with Gasteiger partial charge >= 0.3 is 29.9 Å². The van der Waals surface area contributed by atoms with Crippen LogP contribution in [0.3, 0.4) is 0 Å². The van der Waals surface area contributed by atoms with E-state index in [0.29, 0.717) is 6.61 Å². The molecule has 4 nitrogen and oxygen atoms in total. The van der Waals surface area contributed by atoms with Gasteiger partial charge in [0.2, 0.25) is 0 Å². The van der Waals surface area contributed by atoms with Crippen molar-refractivity contribution in [2.45, 2.75) is 26.2 Å². The van der Waals surface area contributed by atoms with Crippen molar-refractivity contribution in [1.29, 1.82) is 0 Å². The van der Waals surface area contributed by atoms with E-state index in [1.54, 1.807) is 6.92 Å². The zero-order chi connectivity index (χ0) is 15.1. The summed E-state index contributed by atoms with van der Waals surface area (Å²) in [7, 11) is 0. The summed E-state index contributed by atoms with van der Waals surface area (Å²) < 4.78 is 71.4. The van der Waals surface area contributed by atoms with Crippen LogP contribution in [0.5, 0.6) is 0 Å². The van der Waals surface area contributed by atoms with Crippen LogP contribution in [0.1, 0.15) is 13.8 Å². The molecule has 0 heterocycles. The van der Waals surface area contributed by atoms with E-state index in [-0.39, 0.29) is 5.97 Å². The van der Waals surface area contributed by atoms with E-state index in [1.807, 2.05) is 0 Å². The summed E-state index contributed by atoms with van der Waals surface area (Å²) in [6, 6.07) is 0. The highest BCUT2D eigenvalue weighted by molar-refractivity contribution is 6.41. The molecular formula is C8H8F6O4. The van der Waals surface area contributed by atoms with Crippen LogP contribution in [-0.2, 0) is 19.1 Å². The number of rotatable bonds is 2. The Balaban J connectivity index is 0. The Bertz CT molecular complexity index is 293. The van der Waals surface area contributed by atoms with Crippen molar-refractivity contribution in [3.8, 4) is 0 Å². The van der Waals surface area contributed by atoms with Crippen molar-refractivity contribution in [3.63, 3.8) is 0 Å². The Labute approximate surface area is 96.9 Å². The van der Waals surface area contributed by atoms with Crippen LogP contribution in [0.25, 0.3) is 0 Å².